The van der Waals surface area contributed by atoms with E-state index >= 15 is 0 Å². The monoisotopic (exact) mass is 439 g/mol. The summed E-state index contributed by atoms with van der Waals surface area (Å²) in [6.45, 7) is 4.35. The molecule has 0 bridgehead atoms. The van der Waals surface area contributed by atoms with E-state index in [-0.39, 0.29) is 5.82 Å². The molecule has 3 aromatic rings. The highest BCUT2D eigenvalue weighted by Gasteiger charge is 2.14. The minimum absolute atomic E-state index is 0.213. The Labute approximate surface area is 186 Å². The predicted octanol–water partition coefficient (Wildman–Crippen LogP) is 3.78. The molecular formula is C23H26FN5OS. The largest absolute Gasteiger partial charge is 0.378 e. The number of nitrogens with two attached hydrogens (primary N) is 1. The third-order valence-corrected chi connectivity index (χ3v) is 6.05. The molecule has 162 valence electrons. The van der Waals surface area contributed by atoms with E-state index in [1.165, 1.54) is 12.1 Å². The lowest BCUT2D eigenvalue weighted by molar-refractivity contribution is 0.122. The molecule has 1 aliphatic heterocycles. The van der Waals surface area contributed by atoms with E-state index in [0.29, 0.717) is 19.0 Å². The molecule has 0 radical (unpaired) electrons. The Hall–Kier alpha value is -2.68. The molecule has 6 nitrogen and oxygen atoms in total. The number of nitrogens with one attached hydrogen (secondary N) is 1. The van der Waals surface area contributed by atoms with Crippen molar-refractivity contribution in [2.45, 2.75) is 10.6 Å². The first-order chi connectivity index (χ1) is 15.2. The SMILES string of the molecule is NCCNc1ncc(-c2cc(SCc3ccc(F)cc3)cc(N3CCOCC3)c2)cn1. The number of thioether (sulfide) groups is 1. The van der Waals surface area contributed by atoms with Crippen molar-refractivity contribution in [2.75, 3.05) is 49.6 Å². The highest BCUT2D eigenvalue weighted by molar-refractivity contribution is 7.98. The highest BCUT2D eigenvalue weighted by Crippen LogP contribution is 2.33. The fourth-order valence-corrected chi connectivity index (χ4v) is 4.28. The number of rotatable bonds is 8. The normalized spacial score (nSPS) is 13.9. The average Bonchev–Trinajstić information content (AvgIpc) is 2.83. The second-order valence-electron chi connectivity index (χ2n) is 7.24. The second-order valence-corrected chi connectivity index (χ2v) is 8.29. The Morgan fingerprint density at radius 3 is 2.48 bits per heavy atom. The van der Waals surface area contributed by atoms with Gasteiger partial charge in [0.2, 0.25) is 5.95 Å². The standard InChI is InChI=1S/C23H26FN5OS/c24-20-3-1-17(2-4-20)16-31-22-12-18(11-21(13-22)29-7-9-30-10-8-29)19-14-27-23(28-15-19)26-6-5-25/h1-4,11-15H,5-10,16,25H2,(H,26,27,28). The van der Waals surface area contributed by atoms with Gasteiger partial charge in [-0.25, -0.2) is 14.4 Å². The summed E-state index contributed by atoms with van der Waals surface area (Å²) in [5.41, 5.74) is 9.79. The van der Waals surface area contributed by atoms with E-state index in [2.05, 4.69) is 38.4 Å². The van der Waals surface area contributed by atoms with Crippen molar-refractivity contribution >= 4 is 23.4 Å². The Kier molecular flexibility index (Phi) is 7.35. The van der Waals surface area contributed by atoms with Crippen LogP contribution in [0.2, 0.25) is 0 Å². The molecule has 8 heteroatoms. The fraction of sp³-hybridized carbons (Fsp3) is 0.304. The number of benzene rings is 2. The average molecular weight is 440 g/mol. The third-order valence-electron chi connectivity index (χ3n) is 5.00. The first kappa shape index (κ1) is 21.5. The van der Waals surface area contributed by atoms with Crippen molar-refractivity contribution in [3.63, 3.8) is 0 Å². The van der Waals surface area contributed by atoms with Crippen molar-refractivity contribution in [1.82, 2.24) is 9.97 Å². The molecule has 0 unspecified atom stereocenters. The van der Waals surface area contributed by atoms with Gasteiger partial charge in [0.05, 0.1) is 13.2 Å². The van der Waals surface area contributed by atoms with Gasteiger partial charge in [0.15, 0.2) is 0 Å². The second kappa shape index (κ2) is 10.6. The summed E-state index contributed by atoms with van der Waals surface area (Å²) in [5, 5.41) is 3.09. The van der Waals surface area contributed by atoms with Crippen LogP contribution < -0.4 is 16.0 Å². The molecule has 1 fully saturated rings. The van der Waals surface area contributed by atoms with Gasteiger partial charge in [-0.05, 0) is 41.5 Å². The minimum atomic E-state index is -0.213. The summed E-state index contributed by atoms with van der Waals surface area (Å²) < 4.78 is 18.7. The molecule has 0 aliphatic carbocycles. The third kappa shape index (κ3) is 5.94. The van der Waals surface area contributed by atoms with Crippen LogP contribution in [0.15, 0.2) is 59.8 Å². The van der Waals surface area contributed by atoms with Crippen LogP contribution in [0.5, 0.6) is 0 Å². The molecule has 1 saturated heterocycles. The summed E-state index contributed by atoms with van der Waals surface area (Å²) in [4.78, 5) is 12.3. The van der Waals surface area contributed by atoms with Gasteiger partial charge >= 0.3 is 0 Å². The first-order valence-corrected chi connectivity index (χ1v) is 11.3. The Morgan fingerprint density at radius 2 is 1.77 bits per heavy atom. The van der Waals surface area contributed by atoms with Crippen LogP contribution in [0.3, 0.4) is 0 Å². The number of hydrogen-bond donors (Lipinski definition) is 2. The van der Waals surface area contributed by atoms with Crippen molar-refractivity contribution in [3.05, 3.63) is 66.2 Å². The van der Waals surface area contributed by atoms with Crippen molar-refractivity contribution < 1.29 is 9.13 Å². The summed E-state index contributed by atoms with van der Waals surface area (Å²) in [6, 6.07) is 13.2. The van der Waals surface area contributed by atoms with Crippen LogP contribution in [-0.2, 0) is 10.5 Å². The van der Waals surface area contributed by atoms with E-state index in [1.807, 2.05) is 24.5 Å². The van der Waals surface area contributed by atoms with Crippen LogP contribution in [0.4, 0.5) is 16.0 Å². The van der Waals surface area contributed by atoms with Gasteiger partial charge in [0.1, 0.15) is 5.82 Å². The van der Waals surface area contributed by atoms with Crippen molar-refractivity contribution in [2.24, 2.45) is 5.73 Å². The van der Waals surface area contributed by atoms with E-state index in [4.69, 9.17) is 10.5 Å². The summed E-state index contributed by atoms with van der Waals surface area (Å²) in [5.74, 6) is 1.13. The van der Waals surface area contributed by atoms with Crippen LogP contribution in [0, 0.1) is 5.82 Å². The Balaban J connectivity index is 1.58. The lowest BCUT2D eigenvalue weighted by Gasteiger charge is -2.29. The number of halogens is 1. The van der Waals surface area contributed by atoms with Gasteiger partial charge in [0, 0.05) is 60.5 Å². The summed E-state index contributed by atoms with van der Waals surface area (Å²) in [7, 11) is 0. The molecular weight excluding hydrogens is 413 g/mol. The van der Waals surface area contributed by atoms with Gasteiger partial charge in [-0.3, -0.25) is 0 Å². The fourth-order valence-electron chi connectivity index (χ4n) is 3.34. The minimum Gasteiger partial charge on any atom is -0.378 e. The Morgan fingerprint density at radius 1 is 1.03 bits per heavy atom. The van der Waals surface area contributed by atoms with Crippen molar-refractivity contribution in [1.29, 1.82) is 0 Å². The van der Waals surface area contributed by atoms with Gasteiger partial charge in [-0.2, -0.15) is 0 Å². The highest BCUT2D eigenvalue weighted by atomic mass is 32.2. The van der Waals surface area contributed by atoms with E-state index in [0.717, 1.165) is 59.3 Å². The molecule has 2 heterocycles. The van der Waals surface area contributed by atoms with Gasteiger partial charge < -0.3 is 20.7 Å². The summed E-state index contributed by atoms with van der Waals surface area (Å²) >= 11 is 1.73. The number of ether oxygens (including phenoxy) is 1. The molecule has 1 aliphatic rings. The molecule has 1 aromatic heterocycles. The predicted molar refractivity (Wildman–Crippen MR) is 124 cm³/mol. The quantitative estimate of drug-likeness (QED) is 0.517. The zero-order valence-electron chi connectivity index (χ0n) is 17.3. The molecule has 0 amide bonds. The van der Waals surface area contributed by atoms with Crippen LogP contribution >= 0.6 is 11.8 Å². The molecule has 3 N–H and O–H groups in total. The van der Waals surface area contributed by atoms with Gasteiger partial charge in [0.25, 0.3) is 0 Å². The zero-order valence-corrected chi connectivity index (χ0v) is 18.1. The number of morpholine rings is 1. The van der Waals surface area contributed by atoms with Crippen LogP contribution in [0.1, 0.15) is 5.56 Å². The molecule has 0 spiro atoms. The molecule has 31 heavy (non-hydrogen) atoms. The summed E-state index contributed by atoms with van der Waals surface area (Å²) in [6.07, 6.45) is 3.66. The van der Waals surface area contributed by atoms with Crippen molar-refractivity contribution in [3.8, 4) is 11.1 Å². The van der Waals surface area contributed by atoms with Gasteiger partial charge in [-0.1, -0.05) is 12.1 Å². The van der Waals surface area contributed by atoms with Crippen LogP contribution in [0.25, 0.3) is 11.1 Å². The number of aromatic nitrogens is 2. The van der Waals surface area contributed by atoms with E-state index in [9.17, 15) is 4.39 Å². The Bertz CT molecular complexity index is 978. The number of nitrogens with zero attached hydrogens (tertiary/aromatic N) is 3. The van der Waals surface area contributed by atoms with Gasteiger partial charge in [-0.15, -0.1) is 11.8 Å². The van der Waals surface area contributed by atoms with E-state index in [1.54, 1.807) is 11.8 Å². The first-order valence-electron chi connectivity index (χ1n) is 10.3. The molecule has 4 rings (SSSR count). The number of hydrogen-bond acceptors (Lipinski definition) is 7. The lowest BCUT2D eigenvalue weighted by atomic mass is 10.1. The zero-order chi connectivity index (χ0) is 21.5. The lowest BCUT2D eigenvalue weighted by Crippen LogP contribution is -2.36. The maximum absolute atomic E-state index is 13.2. The van der Waals surface area contributed by atoms with E-state index < -0.39 is 0 Å². The van der Waals surface area contributed by atoms with Crippen LogP contribution in [-0.4, -0.2) is 49.4 Å². The maximum Gasteiger partial charge on any atom is 0.222 e. The molecule has 0 saturated carbocycles. The smallest absolute Gasteiger partial charge is 0.222 e. The number of anilines is 2. The molecule has 0 atom stereocenters. The topological polar surface area (TPSA) is 76.3 Å². The molecule has 2 aromatic carbocycles. The maximum atomic E-state index is 13.2.